The van der Waals surface area contributed by atoms with Crippen molar-refractivity contribution in [3.63, 3.8) is 0 Å². The van der Waals surface area contributed by atoms with Crippen molar-refractivity contribution in [1.82, 2.24) is 14.7 Å². The van der Waals surface area contributed by atoms with Crippen LogP contribution in [0.2, 0.25) is 0 Å². The van der Waals surface area contributed by atoms with Crippen molar-refractivity contribution in [1.29, 1.82) is 5.26 Å². The van der Waals surface area contributed by atoms with Gasteiger partial charge >= 0.3 is 0 Å². The molecule has 1 atom stereocenters. The van der Waals surface area contributed by atoms with Crippen LogP contribution in [0.25, 0.3) is 0 Å². The summed E-state index contributed by atoms with van der Waals surface area (Å²) in [6.07, 6.45) is 4.10. The fraction of sp³-hybridized carbons (Fsp3) is 0.650. The molecule has 0 aliphatic carbocycles. The second-order valence-corrected chi connectivity index (χ2v) is 7.26. The molecule has 3 rings (SSSR count). The summed E-state index contributed by atoms with van der Waals surface area (Å²) in [5, 5.41) is 8.93. The van der Waals surface area contributed by atoms with E-state index in [9.17, 15) is 0 Å². The van der Waals surface area contributed by atoms with Crippen molar-refractivity contribution >= 4 is 0 Å². The van der Waals surface area contributed by atoms with Crippen LogP contribution in [0, 0.1) is 11.3 Å². The van der Waals surface area contributed by atoms with Gasteiger partial charge in [-0.15, -0.1) is 0 Å². The highest BCUT2D eigenvalue weighted by atomic mass is 16.5. The van der Waals surface area contributed by atoms with E-state index in [-0.39, 0.29) is 0 Å². The first kappa shape index (κ1) is 18.2. The Labute approximate surface area is 151 Å². The van der Waals surface area contributed by atoms with E-state index in [0.717, 1.165) is 44.5 Å². The Balaban J connectivity index is 1.34. The molecule has 0 amide bonds. The second kappa shape index (κ2) is 9.19. The molecule has 5 nitrogen and oxygen atoms in total. The Morgan fingerprint density at radius 3 is 2.68 bits per heavy atom. The monoisotopic (exact) mass is 342 g/mol. The summed E-state index contributed by atoms with van der Waals surface area (Å²) >= 11 is 0. The van der Waals surface area contributed by atoms with E-state index in [0.29, 0.717) is 12.2 Å². The van der Waals surface area contributed by atoms with Gasteiger partial charge in [-0.25, -0.2) is 0 Å². The number of hydrogen-bond donors (Lipinski definition) is 0. The second-order valence-electron chi connectivity index (χ2n) is 7.26. The summed E-state index contributed by atoms with van der Waals surface area (Å²) in [6.45, 7) is 8.68. The lowest BCUT2D eigenvalue weighted by Crippen LogP contribution is -2.52. The molecule has 136 valence electrons. The van der Waals surface area contributed by atoms with Crippen LogP contribution in [-0.4, -0.2) is 80.2 Å². The van der Waals surface area contributed by atoms with Gasteiger partial charge in [0.1, 0.15) is 12.4 Å². The molecule has 1 aromatic rings. The van der Waals surface area contributed by atoms with Gasteiger partial charge < -0.3 is 9.64 Å². The lowest BCUT2D eigenvalue weighted by molar-refractivity contribution is 0.0785. The third kappa shape index (κ3) is 5.43. The highest BCUT2D eigenvalue weighted by Crippen LogP contribution is 2.17. The maximum atomic E-state index is 8.93. The van der Waals surface area contributed by atoms with Gasteiger partial charge in [-0.2, -0.15) is 5.26 Å². The van der Waals surface area contributed by atoms with Crippen LogP contribution in [0.4, 0.5) is 0 Å². The minimum absolute atomic E-state index is 0.652. The predicted octanol–water partition coefficient (Wildman–Crippen LogP) is 2.04. The fourth-order valence-electron chi connectivity index (χ4n) is 3.82. The molecule has 2 saturated heterocycles. The van der Waals surface area contributed by atoms with E-state index in [1.807, 2.05) is 12.1 Å². The molecule has 2 heterocycles. The van der Waals surface area contributed by atoms with Crippen LogP contribution in [0.15, 0.2) is 24.3 Å². The number of hydrogen-bond acceptors (Lipinski definition) is 5. The molecule has 0 bridgehead atoms. The third-order valence-electron chi connectivity index (χ3n) is 5.49. The van der Waals surface area contributed by atoms with E-state index in [4.69, 9.17) is 10.00 Å². The number of rotatable bonds is 6. The van der Waals surface area contributed by atoms with Crippen molar-refractivity contribution < 1.29 is 4.74 Å². The lowest BCUT2D eigenvalue weighted by Gasteiger charge is -2.40. The molecule has 0 spiro atoms. The predicted molar refractivity (Wildman–Crippen MR) is 99.8 cm³/mol. The molecule has 5 heteroatoms. The minimum Gasteiger partial charge on any atom is -0.492 e. The maximum absolute atomic E-state index is 8.93. The first-order valence-electron chi connectivity index (χ1n) is 9.52. The van der Waals surface area contributed by atoms with E-state index in [1.165, 1.54) is 32.4 Å². The van der Waals surface area contributed by atoms with Gasteiger partial charge in [-0.3, -0.25) is 9.80 Å². The van der Waals surface area contributed by atoms with Crippen molar-refractivity contribution in [2.24, 2.45) is 0 Å². The van der Waals surface area contributed by atoms with E-state index < -0.39 is 0 Å². The summed E-state index contributed by atoms with van der Waals surface area (Å²) < 4.78 is 5.80. The van der Waals surface area contributed by atoms with Crippen molar-refractivity contribution in [3.05, 3.63) is 29.8 Å². The van der Waals surface area contributed by atoms with Gasteiger partial charge in [0, 0.05) is 45.3 Å². The smallest absolute Gasteiger partial charge is 0.120 e. The number of piperidine rings is 1. The Hall–Kier alpha value is -1.61. The quantitative estimate of drug-likeness (QED) is 0.791. The third-order valence-corrected chi connectivity index (χ3v) is 5.49. The molecule has 0 radical (unpaired) electrons. The average molecular weight is 342 g/mol. The van der Waals surface area contributed by atoms with E-state index in [1.54, 1.807) is 12.1 Å². The van der Waals surface area contributed by atoms with Gasteiger partial charge in [0.05, 0.1) is 11.6 Å². The Kier molecular flexibility index (Phi) is 6.69. The molecule has 1 aromatic carbocycles. The van der Waals surface area contributed by atoms with Gasteiger partial charge in [0.2, 0.25) is 0 Å². The van der Waals surface area contributed by atoms with Crippen molar-refractivity contribution in [2.45, 2.75) is 25.3 Å². The van der Waals surface area contributed by atoms with E-state index in [2.05, 4.69) is 27.8 Å². The highest BCUT2D eigenvalue weighted by molar-refractivity contribution is 5.36. The molecule has 0 aromatic heterocycles. The topological polar surface area (TPSA) is 42.7 Å². The molecule has 0 unspecified atom stereocenters. The van der Waals surface area contributed by atoms with Gasteiger partial charge in [0.15, 0.2) is 0 Å². The molecule has 2 aliphatic rings. The molecular weight excluding hydrogens is 312 g/mol. The lowest BCUT2D eigenvalue weighted by atomic mass is 10.0. The largest absolute Gasteiger partial charge is 0.492 e. The molecule has 0 saturated carbocycles. The van der Waals surface area contributed by atoms with Crippen LogP contribution in [-0.2, 0) is 0 Å². The zero-order valence-electron chi connectivity index (χ0n) is 15.4. The molecular formula is C20H30N4O. The van der Waals surface area contributed by atoms with Gasteiger partial charge in [-0.1, -0.05) is 12.5 Å². The highest BCUT2D eigenvalue weighted by Gasteiger charge is 2.24. The summed E-state index contributed by atoms with van der Waals surface area (Å²) in [5.74, 6) is 0.790. The Morgan fingerprint density at radius 1 is 1.12 bits per heavy atom. The first-order valence-corrected chi connectivity index (χ1v) is 9.52. The average Bonchev–Trinajstić information content (AvgIpc) is 2.65. The first-order chi connectivity index (χ1) is 12.2. The zero-order chi connectivity index (χ0) is 17.5. The number of likely N-dealkylation sites (N-methyl/N-ethyl adjacent to an activating group) is 1. The number of nitriles is 1. The van der Waals surface area contributed by atoms with E-state index >= 15 is 0 Å². The number of piperazine rings is 1. The molecule has 0 N–H and O–H groups in total. The molecule has 2 fully saturated rings. The fourth-order valence-corrected chi connectivity index (χ4v) is 3.82. The van der Waals surface area contributed by atoms with Crippen LogP contribution >= 0.6 is 0 Å². The minimum atomic E-state index is 0.652. The number of benzene rings is 1. The van der Waals surface area contributed by atoms with Gasteiger partial charge in [-0.05, 0) is 44.6 Å². The SMILES string of the molecule is CN1CCCC[C@@H]1CN1CCN(CCOc2cccc(C#N)c2)CC1. The Bertz CT molecular complexity index is 577. The zero-order valence-corrected chi connectivity index (χ0v) is 15.4. The standard InChI is InChI=1S/C20H30N4O/c1-22-8-3-2-6-19(22)17-24-11-9-23(10-12-24)13-14-25-20-7-4-5-18(15-20)16-21/h4-5,7,15,19H,2-3,6,8-14,17H2,1H3/t19-/m1/s1. The van der Waals surface area contributed by atoms with Crippen LogP contribution in [0.5, 0.6) is 5.75 Å². The van der Waals surface area contributed by atoms with Crippen LogP contribution in [0.3, 0.4) is 0 Å². The summed E-state index contributed by atoms with van der Waals surface area (Å²) in [4.78, 5) is 7.65. The summed E-state index contributed by atoms with van der Waals surface area (Å²) in [7, 11) is 2.28. The van der Waals surface area contributed by atoms with Crippen molar-refractivity contribution in [3.8, 4) is 11.8 Å². The molecule has 25 heavy (non-hydrogen) atoms. The van der Waals surface area contributed by atoms with Crippen molar-refractivity contribution in [2.75, 3.05) is 59.5 Å². The number of nitrogens with zero attached hydrogens (tertiary/aromatic N) is 4. The molecule has 2 aliphatic heterocycles. The Morgan fingerprint density at radius 2 is 1.92 bits per heavy atom. The summed E-state index contributed by atoms with van der Waals surface area (Å²) in [5.41, 5.74) is 0.652. The maximum Gasteiger partial charge on any atom is 0.120 e. The van der Waals surface area contributed by atoms with Crippen LogP contribution in [0.1, 0.15) is 24.8 Å². The normalized spacial score (nSPS) is 23.3. The number of likely N-dealkylation sites (tertiary alicyclic amines) is 1. The summed E-state index contributed by atoms with van der Waals surface area (Å²) in [6, 6.07) is 10.3. The number of ether oxygens (including phenoxy) is 1. The van der Waals surface area contributed by atoms with Crippen LogP contribution < -0.4 is 4.74 Å². The van der Waals surface area contributed by atoms with Gasteiger partial charge in [0.25, 0.3) is 0 Å².